The van der Waals surface area contributed by atoms with Gasteiger partial charge in [0.2, 0.25) is 0 Å². The summed E-state index contributed by atoms with van der Waals surface area (Å²) in [6.45, 7) is 1.11. The monoisotopic (exact) mass is 286 g/mol. The molecule has 3 nitrogen and oxygen atoms in total. The van der Waals surface area contributed by atoms with Gasteiger partial charge in [0.15, 0.2) is 0 Å². The first-order chi connectivity index (χ1) is 7.78. The van der Waals surface area contributed by atoms with Crippen molar-refractivity contribution in [1.82, 2.24) is 0 Å². The molecule has 16 heavy (non-hydrogen) atoms. The number of hydrogen-bond donors (Lipinski definition) is 1. The Kier molecular flexibility index (Phi) is 4.07. The minimum Gasteiger partial charge on any atom is -0.493 e. The molecule has 0 spiro atoms. The molecule has 1 aliphatic rings. The van der Waals surface area contributed by atoms with E-state index in [2.05, 4.69) is 15.9 Å². The molecule has 0 aromatic heterocycles. The van der Waals surface area contributed by atoms with Crippen LogP contribution in [0.2, 0.25) is 0 Å². The second-order valence-electron chi connectivity index (χ2n) is 3.95. The quantitative estimate of drug-likeness (QED) is 0.874. The molecule has 0 bridgehead atoms. The summed E-state index contributed by atoms with van der Waals surface area (Å²) in [5, 5.41) is 8.68. The van der Waals surface area contributed by atoms with Gasteiger partial charge in [-0.15, -0.1) is 0 Å². The molecular weight excluding hydrogens is 272 g/mol. The summed E-state index contributed by atoms with van der Waals surface area (Å²) in [7, 11) is 0. The lowest BCUT2D eigenvalue weighted by atomic mass is 10.3. The summed E-state index contributed by atoms with van der Waals surface area (Å²) in [6, 6.07) is 5.64. The lowest BCUT2D eigenvalue weighted by Crippen LogP contribution is -2.03. The normalized spacial score (nSPS) is 14.9. The molecule has 2 rings (SSSR count). The largest absolute Gasteiger partial charge is 0.493 e. The van der Waals surface area contributed by atoms with Crippen LogP contribution in [0.5, 0.6) is 11.5 Å². The molecule has 1 aromatic rings. The Hall–Kier alpha value is -0.740. The van der Waals surface area contributed by atoms with Crippen molar-refractivity contribution in [2.24, 2.45) is 5.92 Å². The number of hydrogen-bond acceptors (Lipinski definition) is 3. The van der Waals surface area contributed by atoms with E-state index in [1.165, 1.54) is 12.8 Å². The van der Waals surface area contributed by atoms with Crippen LogP contribution in [0.4, 0.5) is 0 Å². The van der Waals surface area contributed by atoms with E-state index >= 15 is 0 Å². The van der Waals surface area contributed by atoms with E-state index in [0.717, 1.165) is 22.7 Å². The molecule has 1 aromatic carbocycles. The highest BCUT2D eigenvalue weighted by Gasteiger charge is 2.21. The fourth-order valence-electron chi connectivity index (χ4n) is 1.37. The van der Waals surface area contributed by atoms with Crippen molar-refractivity contribution in [2.45, 2.75) is 12.8 Å². The van der Waals surface area contributed by atoms with Crippen LogP contribution >= 0.6 is 15.9 Å². The summed E-state index contributed by atoms with van der Waals surface area (Å²) in [6.07, 6.45) is 2.56. The smallest absolute Gasteiger partial charge is 0.124 e. The number of aliphatic hydroxyl groups is 1. The highest BCUT2D eigenvalue weighted by atomic mass is 79.9. The van der Waals surface area contributed by atoms with E-state index in [-0.39, 0.29) is 6.61 Å². The molecule has 1 saturated carbocycles. The van der Waals surface area contributed by atoms with Crippen molar-refractivity contribution in [3.8, 4) is 11.5 Å². The lowest BCUT2D eigenvalue weighted by molar-refractivity contribution is 0.200. The Morgan fingerprint density at radius 2 is 1.88 bits per heavy atom. The van der Waals surface area contributed by atoms with Gasteiger partial charge in [-0.1, -0.05) is 15.9 Å². The van der Waals surface area contributed by atoms with E-state index in [9.17, 15) is 0 Å². The first-order valence-corrected chi connectivity index (χ1v) is 6.24. The molecule has 0 unspecified atom stereocenters. The van der Waals surface area contributed by atoms with Gasteiger partial charge in [-0.2, -0.15) is 0 Å². The maximum absolute atomic E-state index is 8.68. The Labute approximate surface area is 104 Å². The van der Waals surface area contributed by atoms with Gasteiger partial charge in [-0.25, -0.2) is 0 Å². The van der Waals surface area contributed by atoms with Crippen LogP contribution in [-0.2, 0) is 0 Å². The van der Waals surface area contributed by atoms with Crippen LogP contribution in [0.3, 0.4) is 0 Å². The van der Waals surface area contributed by atoms with Crippen molar-refractivity contribution < 1.29 is 14.6 Å². The summed E-state index contributed by atoms with van der Waals surface area (Å²) in [5.74, 6) is 2.27. The second-order valence-corrected chi connectivity index (χ2v) is 4.86. The third-order valence-electron chi connectivity index (χ3n) is 2.39. The van der Waals surface area contributed by atoms with Crippen LogP contribution < -0.4 is 9.47 Å². The number of ether oxygens (including phenoxy) is 2. The predicted octanol–water partition coefficient (Wildman–Crippen LogP) is 2.61. The van der Waals surface area contributed by atoms with Crippen LogP contribution in [0, 0.1) is 5.92 Å². The van der Waals surface area contributed by atoms with Gasteiger partial charge in [0.1, 0.15) is 18.1 Å². The minimum atomic E-state index is 0.0186. The van der Waals surface area contributed by atoms with Crippen molar-refractivity contribution in [2.75, 3.05) is 19.8 Å². The lowest BCUT2D eigenvalue weighted by Gasteiger charge is -2.09. The number of rotatable bonds is 6. The Balaban J connectivity index is 1.96. The molecule has 1 aliphatic carbocycles. The SMILES string of the molecule is OCCOc1cc(Br)cc(OCC2CC2)c1. The van der Waals surface area contributed by atoms with Gasteiger partial charge in [0.05, 0.1) is 13.2 Å². The predicted molar refractivity (Wildman–Crippen MR) is 64.9 cm³/mol. The molecular formula is C12H15BrO3. The Morgan fingerprint density at radius 1 is 1.19 bits per heavy atom. The average molecular weight is 287 g/mol. The summed E-state index contributed by atoms with van der Waals surface area (Å²) in [4.78, 5) is 0. The van der Waals surface area contributed by atoms with E-state index in [0.29, 0.717) is 12.4 Å². The zero-order valence-corrected chi connectivity index (χ0v) is 10.6. The summed E-state index contributed by atoms with van der Waals surface area (Å²) < 4.78 is 11.9. The van der Waals surface area contributed by atoms with Crippen molar-refractivity contribution in [3.05, 3.63) is 22.7 Å². The molecule has 0 amide bonds. The molecule has 1 fully saturated rings. The van der Waals surface area contributed by atoms with Gasteiger partial charge >= 0.3 is 0 Å². The van der Waals surface area contributed by atoms with E-state index in [1.54, 1.807) is 0 Å². The molecule has 0 aliphatic heterocycles. The Morgan fingerprint density at radius 3 is 2.50 bits per heavy atom. The fraction of sp³-hybridized carbons (Fsp3) is 0.500. The van der Waals surface area contributed by atoms with E-state index in [4.69, 9.17) is 14.6 Å². The van der Waals surface area contributed by atoms with E-state index in [1.807, 2.05) is 18.2 Å². The number of aliphatic hydroxyl groups excluding tert-OH is 1. The number of benzene rings is 1. The van der Waals surface area contributed by atoms with E-state index < -0.39 is 0 Å². The molecule has 4 heteroatoms. The third-order valence-corrected chi connectivity index (χ3v) is 2.85. The Bertz CT molecular complexity index is 350. The van der Waals surface area contributed by atoms with Crippen molar-refractivity contribution in [1.29, 1.82) is 0 Å². The van der Waals surface area contributed by atoms with Crippen molar-refractivity contribution >= 4 is 15.9 Å². The molecule has 0 saturated heterocycles. The van der Waals surface area contributed by atoms with Gasteiger partial charge in [-0.3, -0.25) is 0 Å². The average Bonchev–Trinajstić information content (AvgIpc) is 3.07. The fourth-order valence-corrected chi connectivity index (χ4v) is 1.82. The third kappa shape index (κ3) is 3.68. The first kappa shape index (κ1) is 11.7. The van der Waals surface area contributed by atoms with Crippen LogP contribution in [0.15, 0.2) is 22.7 Å². The van der Waals surface area contributed by atoms with Gasteiger partial charge in [0.25, 0.3) is 0 Å². The second kappa shape index (κ2) is 5.55. The van der Waals surface area contributed by atoms with Gasteiger partial charge in [-0.05, 0) is 30.9 Å². The standard InChI is InChI=1S/C12H15BrO3/c13-10-5-11(15-4-3-14)7-12(6-10)16-8-9-1-2-9/h5-7,9,14H,1-4,8H2. The molecule has 1 N–H and O–H groups in total. The molecule has 0 radical (unpaired) electrons. The maximum Gasteiger partial charge on any atom is 0.124 e. The zero-order chi connectivity index (χ0) is 11.4. The highest BCUT2D eigenvalue weighted by molar-refractivity contribution is 9.10. The number of halogens is 1. The van der Waals surface area contributed by atoms with Gasteiger partial charge in [0, 0.05) is 10.5 Å². The molecule has 88 valence electrons. The molecule has 0 heterocycles. The molecule has 0 atom stereocenters. The maximum atomic E-state index is 8.68. The summed E-state index contributed by atoms with van der Waals surface area (Å²) in [5.41, 5.74) is 0. The summed E-state index contributed by atoms with van der Waals surface area (Å²) >= 11 is 3.41. The van der Waals surface area contributed by atoms with Crippen LogP contribution in [0.25, 0.3) is 0 Å². The van der Waals surface area contributed by atoms with Crippen LogP contribution in [0.1, 0.15) is 12.8 Å². The highest BCUT2D eigenvalue weighted by Crippen LogP contribution is 2.31. The van der Waals surface area contributed by atoms with Crippen LogP contribution in [-0.4, -0.2) is 24.9 Å². The minimum absolute atomic E-state index is 0.0186. The van der Waals surface area contributed by atoms with Gasteiger partial charge < -0.3 is 14.6 Å². The topological polar surface area (TPSA) is 38.7 Å². The first-order valence-electron chi connectivity index (χ1n) is 5.45. The van der Waals surface area contributed by atoms with Crippen molar-refractivity contribution in [3.63, 3.8) is 0 Å². The zero-order valence-electron chi connectivity index (χ0n) is 8.99.